The van der Waals surface area contributed by atoms with Crippen LogP contribution in [0.15, 0.2) is 30.3 Å². The van der Waals surface area contributed by atoms with E-state index in [4.69, 9.17) is 4.74 Å². The number of ether oxygens (including phenoxy) is 1. The second-order valence-corrected chi connectivity index (χ2v) is 5.16. The van der Waals surface area contributed by atoms with Crippen LogP contribution in [0, 0.1) is 5.92 Å². The molecule has 0 spiro atoms. The summed E-state index contributed by atoms with van der Waals surface area (Å²) < 4.78 is 5.90. The minimum atomic E-state index is 0.00135. The van der Waals surface area contributed by atoms with Gasteiger partial charge in [-0.3, -0.25) is 4.79 Å². The smallest absolute Gasteiger partial charge is 0.225 e. The van der Waals surface area contributed by atoms with Crippen LogP contribution in [0.4, 0.5) is 0 Å². The van der Waals surface area contributed by atoms with Gasteiger partial charge in [0.15, 0.2) is 0 Å². The number of hydrogen-bond acceptors (Lipinski definition) is 2. The van der Waals surface area contributed by atoms with E-state index in [0.29, 0.717) is 18.9 Å². The van der Waals surface area contributed by atoms with Crippen molar-refractivity contribution in [1.82, 2.24) is 4.90 Å². The average molecular weight is 245 g/mol. The summed E-state index contributed by atoms with van der Waals surface area (Å²) in [5.41, 5.74) is 1.19. The summed E-state index contributed by atoms with van der Waals surface area (Å²) in [6, 6.07) is 10.3. The van der Waals surface area contributed by atoms with Gasteiger partial charge in [0.05, 0.1) is 12.6 Å². The SMILES string of the molecule is CC[C@H]1CCC(=O)N2[C@@H]1OC[C@H]2c1ccccc1. The molecule has 3 rings (SSSR count). The van der Waals surface area contributed by atoms with Gasteiger partial charge in [0.25, 0.3) is 0 Å². The van der Waals surface area contributed by atoms with Crippen LogP contribution in [-0.4, -0.2) is 23.6 Å². The number of hydrogen-bond donors (Lipinski definition) is 0. The van der Waals surface area contributed by atoms with Crippen LogP contribution >= 0.6 is 0 Å². The van der Waals surface area contributed by atoms with Gasteiger partial charge in [-0.25, -0.2) is 0 Å². The van der Waals surface area contributed by atoms with Crippen molar-refractivity contribution in [2.45, 2.75) is 38.5 Å². The van der Waals surface area contributed by atoms with Crippen molar-refractivity contribution in [2.24, 2.45) is 5.92 Å². The van der Waals surface area contributed by atoms with Gasteiger partial charge in [-0.15, -0.1) is 0 Å². The second-order valence-electron chi connectivity index (χ2n) is 5.16. The molecular formula is C15H19NO2. The van der Waals surface area contributed by atoms with E-state index in [-0.39, 0.29) is 18.2 Å². The largest absolute Gasteiger partial charge is 0.355 e. The number of nitrogens with zero attached hydrogens (tertiary/aromatic N) is 1. The van der Waals surface area contributed by atoms with Crippen LogP contribution in [-0.2, 0) is 9.53 Å². The van der Waals surface area contributed by atoms with Crippen LogP contribution in [0.1, 0.15) is 37.8 Å². The Kier molecular flexibility index (Phi) is 3.08. The van der Waals surface area contributed by atoms with Crippen molar-refractivity contribution in [3.05, 3.63) is 35.9 Å². The Morgan fingerprint density at radius 3 is 2.83 bits per heavy atom. The lowest BCUT2D eigenvalue weighted by Gasteiger charge is -2.37. The van der Waals surface area contributed by atoms with Gasteiger partial charge in [0, 0.05) is 12.3 Å². The molecule has 2 fully saturated rings. The lowest BCUT2D eigenvalue weighted by molar-refractivity contribution is -0.147. The Hall–Kier alpha value is -1.35. The van der Waals surface area contributed by atoms with Gasteiger partial charge in [-0.05, 0) is 18.4 Å². The molecule has 0 N–H and O–H groups in total. The molecule has 18 heavy (non-hydrogen) atoms. The van der Waals surface area contributed by atoms with Crippen molar-refractivity contribution < 1.29 is 9.53 Å². The first-order valence-corrected chi connectivity index (χ1v) is 6.79. The summed E-state index contributed by atoms with van der Waals surface area (Å²) in [7, 11) is 0. The first-order valence-electron chi connectivity index (χ1n) is 6.79. The molecule has 1 aromatic carbocycles. The van der Waals surface area contributed by atoms with Crippen molar-refractivity contribution in [3.8, 4) is 0 Å². The number of fused-ring (bicyclic) bond motifs is 1. The first kappa shape index (κ1) is 11.7. The summed E-state index contributed by atoms with van der Waals surface area (Å²) in [5, 5.41) is 0. The van der Waals surface area contributed by atoms with E-state index in [0.717, 1.165) is 12.8 Å². The first-order chi connectivity index (χ1) is 8.81. The molecular weight excluding hydrogens is 226 g/mol. The van der Waals surface area contributed by atoms with Crippen LogP contribution in [0.5, 0.6) is 0 Å². The number of carbonyl (C=O) groups is 1. The van der Waals surface area contributed by atoms with Crippen molar-refractivity contribution in [2.75, 3.05) is 6.61 Å². The zero-order valence-corrected chi connectivity index (χ0v) is 10.7. The van der Waals surface area contributed by atoms with Crippen molar-refractivity contribution in [1.29, 1.82) is 0 Å². The van der Waals surface area contributed by atoms with Gasteiger partial charge in [-0.1, -0.05) is 37.3 Å². The van der Waals surface area contributed by atoms with Crippen molar-refractivity contribution in [3.63, 3.8) is 0 Å². The Morgan fingerprint density at radius 1 is 1.33 bits per heavy atom. The Labute approximate surface area is 108 Å². The third kappa shape index (κ3) is 1.83. The predicted octanol–water partition coefficient (Wildman–Crippen LogP) is 2.73. The van der Waals surface area contributed by atoms with E-state index < -0.39 is 0 Å². The van der Waals surface area contributed by atoms with Gasteiger partial charge < -0.3 is 9.64 Å². The topological polar surface area (TPSA) is 29.5 Å². The molecule has 2 heterocycles. The number of carbonyl (C=O) groups excluding carboxylic acids is 1. The molecule has 3 heteroatoms. The molecule has 0 unspecified atom stereocenters. The van der Waals surface area contributed by atoms with Crippen molar-refractivity contribution >= 4 is 5.91 Å². The fourth-order valence-corrected chi connectivity index (χ4v) is 3.12. The summed E-state index contributed by atoms with van der Waals surface area (Å²) >= 11 is 0. The quantitative estimate of drug-likeness (QED) is 0.801. The van der Waals surface area contributed by atoms with Crippen LogP contribution in [0.2, 0.25) is 0 Å². The molecule has 0 radical (unpaired) electrons. The maximum absolute atomic E-state index is 12.2. The molecule has 1 aromatic rings. The minimum absolute atomic E-state index is 0.00135. The highest BCUT2D eigenvalue weighted by atomic mass is 16.5. The van der Waals surface area contributed by atoms with E-state index >= 15 is 0 Å². The van der Waals surface area contributed by atoms with E-state index in [2.05, 4.69) is 19.1 Å². The number of benzene rings is 1. The molecule has 96 valence electrons. The molecule has 1 amide bonds. The molecule has 0 bridgehead atoms. The van der Waals surface area contributed by atoms with Gasteiger partial charge in [0.1, 0.15) is 6.23 Å². The Bertz CT molecular complexity index is 431. The fraction of sp³-hybridized carbons (Fsp3) is 0.533. The standard InChI is InChI=1S/C15H19NO2/c1-2-11-8-9-14(17)16-13(10-18-15(11)16)12-6-4-3-5-7-12/h3-7,11,13,15H,2,8-10H2,1H3/t11-,13-,15+/m0/s1. The highest BCUT2D eigenvalue weighted by molar-refractivity contribution is 5.78. The average Bonchev–Trinajstić information content (AvgIpc) is 2.86. The minimum Gasteiger partial charge on any atom is -0.355 e. The maximum Gasteiger partial charge on any atom is 0.225 e. The number of piperidine rings is 1. The highest BCUT2D eigenvalue weighted by Crippen LogP contribution is 2.39. The lowest BCUT2D eigenvalue weighted by Crippen LogP contribution is -2.46. The normalized spacial score (nSPS) is 31.5. The molecule has 0 aliphatic carbocycles. The van der Waals surface area contributed by atoms with Crippen LogP contribution in [0.25, 0.3) is 0 Å². The van der Waals surface area contributed by atoms with Gasteiger partial charge in [-0.2, -0.15) is 0 Å². The molecule has 0 saturated carbocycles. The lowest BCUT2D eigenvalue weighted by atomic mass is 9.92. The molecule has 2 saturated heterocycles. The summed E-state index contributed by atoms with van der Waals surface area (Å²) in [6.45, 7) is 2.81. The molecule has 0 aromatic heterocycles. The monoisotopic (exact) mass is 245 g/mol. The summed E-state index contributed by atoms with van der Waals surface area (Å²) in [4.78, 5) is 14.1. The van der Waals surface area contributed by atoms with Crippen LogP contribution < -0.4 is 0 Å². The molecule has 3 atom stereocenters. The predicted molar refractivity (Wildman–Crippen MR) is 68.8 cm³/mol. The molecule has 3 nitrogen and oxygen atoms in total. The second kappa shape index (κ2) is 4.73. The maximum atomic E-state index is 12.2. The number of amides is 1. The van der Waals surface area contributed by atoms with Gasteiger partial charge in [0.2, 0.25) is 5.91 Å². The Balaban J connectivity index is 1.88. The summed E-state index contributed by atoms with van der Waals surface area (Å²) in [5.74, 6) is 0.743. The molecule has 2 aliphatic heterocycles. The van der Waals surface area contributed by atoms with Crippen LogP contribution in [0.3, 0.4) is 0 Å². The third-order valence-corrected chi connectivity index (χ3v) is 4.16. The fourth-order valence-electron chi connectivity index (χ4n) is 3.12. The van der Waals surface area contributed by atoms with E-state index in [1.807, 2.05) is 23.1 Å². The van der Waals surface area contributed by atoms with E-state index in [9.17, 15) is 4.79 Å². The Morgan fingerprint density at radius 2 is 2.11 bits per heavy atom. The highest BCUT2D eigenvalue weighted by Gasteiger charge is 2.44. The zero-order chi connectivity index (χ0) is 12.5. The number of rotatable bonds is 2. The third-order valence-electron chi connectivity index (χ3n) is 4.16. The van der Waals surface area contributed by atoms with E-state index in [1.54, 1.807) is 0 Å². The van der Waals surface area contributed by atoms with Gasteiger partial charge >= 0.3 is 0 Å². The van der Waals surface area contributed by atoms with E-state index in [1.165, 1.54) is 5.56 Å². The summed E-state index contributed by atoms with van der Waals surface area (Å²) in [6.07, 6.45) is 2.72. The molecule has 2 aliphatic rings. The zero-order valence-electron chi connectivity index (χ0n) is 10.7.